The monoisotopic (exact) mass is 606 g/mol. The highest BCUT2D eigenvalue weighted by Crippen LogP contribution is 2.19. The van der Waals surface area contributed by atoms with Gasteiger partial charge in [0.2, 0.25) is 17.7 Å². The Morgan fingerprint density at radius 2 is 1.60 bits per heavy atom. The Labute approximate surface area is 246 Å². The smallest absolute Gasteiger partial charge is 0.326 e. The summed E-state index contributed by atoms with van der Waals surface area (Å²) in [6.07, 6.45) is 3.17. The number of aromatic nitrogens is 1. The molecule has 15 nitrogen and oxygen atoms in total. The van der Waals surface area contributed by atoms with E-state index >= 15 is 0 Å². The van der Waals surface area contributed by atoms with Crippen LogP contribution >= 0.6 is 11.8 Å². The number of guanidine groups is 1. The second kappa shape index (κ2) is 16.8. The summed E-state index contributed by atoms with van der Waals surface area (Å²) in [5.41, 5.74) is 18.0. The zero-order chi connectivity index (χ0) is 31.2. The molecule has 0 bridgehead atoms. The van der Waals surface area contributed by atoms with Gasteiger partial charge in [0.25, 0.3) is 0 Å². The standard InChI is InChI=1S/C26H38N8O7S/c1-42-10-8-16(27)22(37)33-19(12-21(35)36)24(39)32-18(7-4-9-30-26(28)29)23(38)34-20(25(40)41)11-14-13-31-17-6-3-2-5-15(14)17/h2-3,5-6,13,16,18-20,31H,4,7-12,27H2,1H3,(H,32,39)(H,33,37)(H,34,38)(H,35,36)(H,40,41)(H4,28,29,30). The van der Waals surface area contributed by atoms with Crippen molar-refractivity contribution in [3.8, 4) is 0 Å². The predicted molar refractivity (Wildman–Crippen MR) is 159 cm³/mol. The average Bonchev–Trinajstić information content (AvgIpc) is 3.34. The number of para-hydroxylation sites is 1. The van der Waals surface area contributed by atoms with E-state index in [4.69, 9.17) is 17.2 Å². The van der Waals surface area contributed by atoms with Crippen molar-refractivity contribution in [3.63, 3.8) is 0 Å². The minimum atomic E-state index is -1.54. The number of thioether (sulfide) groups is 1. The van der Waals surface area contributed by atoms with Gasteiger partial charge >= 0.3 is 11.9 Å². The number of aromatic amines is 1. The van der Waals surface area contributed by atoms with E-state index in [9.17, 15) is 34.2 Å². The maximum atomic E-state index is 13.3. The fraction of sp³-hybridized carbons (Fsp3) is 0.462. The Balaban J connectivity index is 2.21. The van der Waals surface area contributed by atoms with Crippen molar-refractivity contribution in [1.82, 2.24) is 20.9 Å². The number of H-pyrrole nitrogens is 1. The highest BCUT2D eigenvalue weighted by atomic mass is 32.2. The molecule has 4 atom stereocenters. The third-order valence-corrected chi connectivity index (χ3v) is 6.92. The highest BCUT2D eigenvalue weighted by Gasteiger charge is 2.31. The summed E-state index contributed by atoms with van der Waals surface area (Å²) in [5, 5.41) is 27.2. The first kappa shape index (κ1) is 33.9. The van der Waals surface area contributed by atoms with Gasteiger partial charge in [-0.05, 0) is 42.9 Å². The number of aliphatic carboxylic acids is 2. The number of fused-ring (bicyclic) bond motifs is 1. The minimum absolute atomic E-state index is 0.0191. The SMILES string of the molecule is CSCCC(N)C(=O)NC(CC(=O)O)C(=O)NC(CCCN=C(N)N)C(=O)NC(Cc1c[nH]c2ccccc12)C(=O)O. The molecule has 3 amide bonds. The number of carboxylic acids is 2. The molecule has 12 N–H and O–H groups in total. The van der Waals surface area contributed by atoms with E-state index in [1.54, 1.807) is 12.3 Å². The first-order valence-electron chi connectivity index (χ1n) is 13.1. The van der Waals surface area contributed by atoms with Crippen LogP contribution < -0.4 is 33.2 Å². The number of nitrogens with zero attached hydrogens (tertiary/aromatic N) is 1. The van der Waals surface area contributed by atoms with Gasteiger partial charge in [-0.15, -0.1) is 0 Å². The Kier molecular flexibility index (Phi) is 13.6. The van der Waals surface area contributed by atoms with E-state index in [0.29, 0.717) is 17.7 Å². The van der Waals surface area contributed by atoms with Gasteiger partial charge in [-0.25, -0.2) is 4.79 Å². The number of carbonyl (C=O) groups is 5. The molecule has 16 heteroatoms. The number of rotatable bonds is 18. The summed E-state index contributed by atoms with van der Waals surface area (Å²) >= 11 is 1.47. The number of carbonyl (C=O) groups excluding carboxylic acids is 3. The second-order valence-electron chi connectivity index (χ2n) is 9.52. The van der Waals surface area contributed by atoms with Crippen LogP contribution in [0.15, 0.2) is 35.5 Å². The first-order chi connectivity index (χ1) is 19.9. The van der Waals surface area contributed by atoms with Gasteiger partial charge in [0.1, 0.15) is 18.1 Å². The van der Waals surface area contributed by atoms with Gasteiger partial charge in [-0.3, -0.25) is 24.2 Å². The van der Waals surface area contributed by atoms with Crippen molar-refractivity contribution in [2.24, 2.45) is 22.2 Å². The third kappa shape index (κ3) is 10.9. The van der Waals surface area contributed by atoms with E-state index in [-0.39, 0.29) is 31.8 Å². The van der Waals surface area contributed by atoms with Gasteiger partial charge < -0.3 is 48.3 Å². The quantitative estimate of drug-likeness (QED) is 0.0556. The summed E-state index contributed by atoms with van der Waals surface area (Å²) in [4.78, 5) is 69.3. The Morgan fingerprint density at radius 1 is 0.952 bits per heavy atom. The largest absolute Gasteiger partial charge is 0.481 e. The normalized spacial score (nSPS) is 13.8. The van der Waals surface area contributed by atoms with Crippen LogP contribution in [0.5, 0.6) is 0 Å². The third-order valence-electron chi connectivity index (χ3n) is 6.27. The summed E-state index contributed by atoms with van der Waals surface area (Å²) < 4.78 is 0. The van der Waals surface area contributed by atoms with Crippen LogP contribution in [0.3, 0.4) is 0 Å². The Hall–Kier alpha value is -4.31. The van der Waals surface area contributed by atoms with Crippen LogP contribution in [0.4, 0.5) is 0 Å². The van der Waals surface area contributed by atoms with E-state index in [0.717, 1.165) is 10.9 Å². The number of aliphatic imine (C=N–C) groups is 1. The van der Waals surface area contributed by atoms with E-state index < -0.39 is 60.2 Å². The maximum Gasteiger partial charge on any atom is 0.326 e. The summed E-state index contributed by atoms with van der Waals surface area (Å²) in [5.74, 6) is -4.76. The number of hydrogen-bond donors (Lipinski definition) is 9. The number of amides is 3. The van der Waals surface area contributed by atoms with E-state index in [1.165, 1.54) is 11.8 Å². The molecule has 0 aliphatic carbocycles. The number of hydrogen-bond acceptors (Lipinski definition) is 8. The maximum absolute atomic E-state index is 13.3. The van der Waals surface area contributed by atoms with Crippen molar-refractivity contribution in [1.29, 1.82) is 0 Å². The Morgan fingerprint density at radius 3 is 2.24 bits per heavy atom. The number of carboxylic acid groups (broad SMARTS) is 2. The first-order valence-corrected chi connectivity index (χ1v) is 14.5. The van der Waals surface area contributed by atoms with Crippen LogP contribution in [0, 0.1) is 0 Å². The number of nitrogens with two attached hydrogens (primary N) is 3. The topological polar surface area (TPSA) is 268 Å². The molecule has 0 spiro atoms. The van der Waals surface area contributed by atoms with Crippen LogP contribution in [-0.4, -0.2) is 93.5 Å². The minimum Gasteiger partial charge on any atom is -0.481 e. The van der Waals surface area contributed by atoms with Gasteiger partial charge in [0.15, 0.2) is 5.96 Å². The number of nitrogens with one attached hydrogen (secondary N) is 4. The fourth-order valence-corrected chi connectivity index (χ4v) is 4.57. The lowest BCUT2D eigenvalue weighted by atomic mass is 10.0. The zero-order valence-electron chi connectivity index (χ0n) is 23.2. The molecular weight excluding hydrogens is 568 g/mol. The molecule has 1 aromatic carbocycles. The lowest BCUT2D eigenvalue weighted by Gasteiger charge is -2.24. The molecule has 42 heavy (non-hydrogen) atoms. The van der Waals surface area contributed by atoms with Gasteiger partial charge in [0.05, 0.1) is 12.5 Å². The molecule has 1 aromatic heterocycles. The molecule has 0 aliphatic heterocycles. The van der Waals surface area contributed by atoms with Crippen molar-refractivity contribution in [2.75, 3.05) is 18.6 Å². The highest BCUT2D eigenvalue weighted by molar-refractivity contribution is 7.98. The lowest BCUT2D eigenvalue weighted by Crippen LogP contribution is -2.57. The molecule has 0 fully saturated rings. The second-order valence-corrected chi connectivity index (χ2v) is 10.5. The van der Waals surface area contributed by atoms with E-state index in [1.807, 2.05) is 24.5 Å². The van der Waals surface area contributed by atoms with Gasteiger partial charge in [0, 0.05) is 30.1 Å². The molecule has 4 unspecified atom stereocenters. The van der Waals surface area contributed by atoms with E-state index in [2.05, 4.69) is 25.9 Å². The molecule has 0 saturated heterocycles. The van der Waals surface area contributed by atoms with Crippen molar-refractivity contribution in [2.45, 2.75) is 56.3 Å². The molecule has 0 saturated carbocycles. The fourth-order valence-electron chi connectivity index (χ4n) is 4.08. The van der Waals surface area contributed by atoms with Crippen LogP contribution in [0.2, 0.25) is 0 Å². The molecule has 230 valence electrons. The Bertz CT molecular complexity index is 1280. The van der Waals surface area contributed by atoms with Gasteiger partial charge in [-0.2, -0.15) is 11.8 Å². The summed E-state index contributed by atoms with van der Waals surface area (Å²) in [6, 6.07) is 2.12. The average molecular weight is 607 g/mol. The van der Waals surface area contributed by atoms with Crippen molar-refractivity contribution in [3.05, 3.63) is 36.0 Å². The summed E-state index contributed by atoms with van der Waals surface area (Å²) in [6.45, 7) is 0.110. The van der Waals surface area contributed by atoms with Crippen LogP contribution in [-0.2, 0) is 30.4 Å². The van der Waals surface area contributed by atoms with Crippen LogP contribution in [0.25, 0.3) is 10.9 Å². The molecule has 2 rings (SSSR count). The van der Waals surface area contributed by atoms with Crippen molar-refractivity contribution >= 4 is 58.3 Å². The molecular formula is C26H38N8O7S. The summed E-state index contributed by atoms with van der Waals surface area (Å²) in [7, 11) is 0. The van der Waals surface area contributed by atoms with Gasteiger partial charge in [-0.1, -0.05) is 18.2 Å². The molecule has 1 heterocycles. The molecule has 0 radical (unpaired) electrons. The number of benzene rings is 1. The lowest BCUT2D eigenvalue weighted by molar-refractivity contribution is -0.143. The molecule has 2 aromatic rings. The predicted octanol–water partition coefficient (Wildman–Crippen LogP) is -1.14. The van der Waals surface area contributed by atoms with Crippen LogP contribution in [0.1, 0.15) is 31.2 Å². The zero-order valence-corrected chi connectivity index (χ0v) is 24.0. The molecule has 0 aliphatic rings. The van der Waals surface area contributed by atoms with Crippen molar-refractivity contribution < 1.29 is 34.2 Å².